The van der Waals surface area contributed by atoms with Gasteiger partial charge in [-0.25, -0.2) is 4.98 Å². The molecule has 2 heterocycles. The van der Waals surface area contributed by atoms with Crippen molar-refractivity contribution in [2.75, 3.05) is 11.4 Å². The highest BCUT2D eigenvalue weighted by Gasteiger charge is 2.27. The summed E-state index contributed by atoms with van der Waals surface area (Å²) in [4.78, 5) is 16.9. The Morgan fingerprint density at radius 2 is 2.35 bits per heavy atom. The second kappa shape index (κ2) is 6.08. The third-order valence-corrected chi connectivity index (χ3v) is 4.34. The van der Waals surface area contributed by atoms with Crippen molar-refractivity contribution in [3.05, 3.63) is 52.1 Å². The van der Waals surface area contributed by atoms with Crippen LogP contribution in [0.4, 0.5) is 11.4 Å². The lowest BCUT2D eigenvalue weighted by molar-refractivity contribution is -0.385. The number of nitriles is 1. The zero-order valence-corrected chi connectivity index (χ0v) is 12.8. The number of nitrogens with zero attached hydrogens (tertiary/aromatic N) is 5. The lowest BCUT2D eigenvalue weighted by Crippen LogP contribution is -2.33. The predicted molar refractivity (Wildman–Crippen MR) is 85.1 cm³/mol. The summed E-state index contributed by atoms with van der Waals surface area (Å²) in [5.74, 6) is 0.971. The average molecular weight is 311 g/mol. The van der Waals surface area contributed by atoms with Crippen LogP contribution in [0, 0.1) is 28.4 Å². The van der Waals surface area contributed by atoms with E-state index in [9.17, 15) is 10.1 Å². The molecule has 1 aliphatic rings. The predicted octanol–water partition coefficient (Wildman–Crippen LogP) is 2.64. The van der Waals surface area contributed by atoms with Gasteiger partial charge in [0.25, 0.3) is 5.69 Å². The van der Waals surface area contributed by atoms with Crippen LogP contribution in [0.1, 0.15) is 24.2 Å². The summed E-state index contributed by atoms with van der Waals surface area (Å²) in [5.41, 5.74) is 0.835. The number of aromatic nitrogens is 2. The number of aryl methyl sites for hydroxylation is 1. The van der Waals surface area contributed by atoms with Crippen molar-refractivity contribution >= 4 is 11.4 Å². The summed E-state index contributed by atoms with van der Waals surface area (Å²) >= 11 is 0. The van der Waals surface area contributed by atoms with Crippen molar-refractivity contribution < 1.29 is 4.92 Å². The molecule has 0 amide bonds. The van der Waals surface area contributed by atoms with Gasteiger partial charge in [0.1, 0.15) is 17.5 Å². The number of nitro groups is 1. The second-order valence-electron chi connectivity index (χ2n) is 5.69. The fourth-order valence-corrected chi connectivity index (χ4v) is 3.14. The molecule has 1 fully saturated rings. The first kappa shape index (κ1) is 15.0. The van der Waals surface area contributed by atoms with Gasteiger partial charge in [0, 0.05) is 43.3 Å². The van der Waals surface area contributed by atoms with E-state index in [1.54, 1.807) is 18.3 Å². The van der Waals surface area contributed by atoms with Crippen molar-refractivity contribution in [3.63, 3.8) is 0 Å². The standard InChI is InChI=1S/C16H17N5O2/c1-12-18-6-8-19(12)11-15-3-2-7-20(15)14-4-5-16(21(22)23)13(9-14)10-17/h4-6,8-9,15H,2-3,7,11H2,1H3. The molecule has 7 heteroatoms. The summed E-state index contributed by atoms with van der Waals surface area (Å²) in [7, 11) is 0. The average Bonchev–Trinajstić information content (AvgIpc) is 3.16. The maximum absolute atomic E-state index is 11.0. The molecular weight excluding hydrogens is 294 g/mol. The first-order valence-corrected chi connectivity index (χ1v) is 7.53. The van der Waals surface area contributed by atoms with Crippen LogP contribution >= 0.6 is 0 Å². The van der Waals surface area contributed by atoms with Gasteiger partial charge >= 0.3 is 0 Å². The number of benzene rings is 1. The number of imidazole rings is 1. The molecule has 1 unspecified atom stereocenters. The molecule has 0 bridgehead atoms. The molecule has 2 aromatic rings. The zero-order valence-electron chi connectivity index (χ0n) is 12.8. The normalized spacial score (nSPS) is 17.2. The van der Waals surface area contributed by atoms with Gasteiger partial charge in [0.15, 0.2) is 0 Å². The molecule has 23 heavy (non-hydrogen) atoms. The van der Waals surface area contributed by atoms with Crippen LogP contribution in [0.5, 0.6) is 0 Å². The van der Waals surface area contributed by atoms with Crippen molar-refractivity contribution in [1.29, 1.82) is 5.26 Å². The smallest absolute Gasteiger partial charge is 0.287 e. The summed E-state index contributed by atoms with van der Waals surface area (Å²) < 4.78 is 2.11. The van der Waals surface area contributed by atoms with Gasteiger partial charge in [-0.05, 0) is 31.9 Å². The van der Waals surface area contributed by atoms with Gasteiger partial charge in [-0.3, -0.25) is 10.1 Å². The molecule has 0 N–H and O–H groups in total. The highest BCUT2D eigenvalue weighted by atomic mass is 16.6. The van der Waals surface area contributed by atoms with Crippen molar-refractivity contribution in [1.82, 2.24) is 9.55 Å². The first-order chi connectivity index (χ1) is 11.1. The van der Waals surface area contributed by atoms with Crippen LogP contribution in [-0.4, -0.2) is 27.1 Å². The van der Waals surface area contributed by atoms with Gasteiger partial charge in [-0.2, -0.15) is 5.26 Å². The third-order valence-electron chi connectivity index (χ3n) is 4.34. The van der Waals surface area contributed by atoms with Gasteiger partial charge in [0.2, 0.25) is 0 Å². The van der Waals surface area contributed by atoms with E-state index in [4.69, 9.17) is 5.26 Å². The highest BCUT2D eigenvalue weighted by molar-refractivity contribution is 5.60. The largest absolute Gasteiger partial charge is 0.367 e. The molecule has 3 rings (SSSR count). The molecule has 0 aliphatic carbocycles. The van der Waals surface area contributed by atoms with E-state index in [1.807, 2.05) is 19.2 Å². The Morgan fingerprint density at radius 1 is 1.52 bits per heavy atom. The van der Waals surface area contributed by atoms with E-state index >= 15 is 0 Å². The Labute approximate surface area is 133 Å². The Morgan fingerprint density at radius 3 is 3.00 bits per heavy atom. The van der Waals surface area contributed by atoms with Gasteiger partial charge in [-0.15, -0.1) is 0 Å². The lowest BCUT2D eigenvalue weighted by atomic mass is 10.1. The molecule has 1 aromatic carbocycles. The number of rotatable bonds is 4. The Hall–Kier alpha value is -2.88. The van der Waals surface area contributed by atoms with E-state index in [-0.39, 0.29) is 11.3 Å². The van der Waals surface area contributed by atoms with Crippen LogP contribution in [0.15, 0.2) is 30.6 Å². The minimum absolute atomic E-state index is 0.108. The molecule has 7 nitrogen and oxygen atoms in total. The minimum Gasteiger partial charge on any atom is -0.367 e. The second-order valence-corrected chi connectivity index (χ2v) is 5.69. The first-order valence-electron chi connectivity index (χ1n) is 7.53. The summed E-state index contributed by atoms with van der Waals surface area (Å²) in [6.07, 6.45) is 5.87. The Bertz CT molecular complexity index is 777. The maximum atomic E-state index is 11.0. The van der Waals surface area contributed by atoms with Crippen molar-refractivity contribution in [2.24, 2.45) is 0 Å². The molecule has 1 saturated heterocycles. The molecular formula is C16H17N5O2. The van der Waals surface area contributed by atoms with Crippen LogP contribution in [-0.2, 0) is 6.54 Å². The topological polar surface area (TPSA) is 88.0 Å². The third kappa shape index (κ3) is 2.88. The number of hydrogen-bond acceptors (Lipinski definition) is 5. The lowest BCUT2D eigenvalue weighted by Gasteiger charge is -2.27. The monoisotopic (exact) mass is 311 g/mol. The van der Waals surface area contributed by atoms with Crippen LogP contribution in [0.2, 0.25) is 0 Å². The van der Waals surface area contributed by atoms with Crippen LogP contribution in [0.25, 0.3) is 0 Å². The zero-order chi connectivity index (χ0) is 16.4. The molecule has 0 saturated carbocycles. The number of anilines is 1. The molecule has 0 radical (unpaired) electrons. The van der Waals surface area contributed by atoms with E-state index < -0.39 is 4.92 Å². The maximum Gasteiger partial charge on any atom is 0.287 e. The quantitative estimate of drug-likeness (QED) is 0.639. The van der Waals surface area contributed by atoms with Crippen LogP contribution < -0.4 is 4.90 Å². The van der Waals surface area contributed by atoms with Crippen LogP contribution in [0.3, 0.4) is 0 Å². The Balaban J connectivity index is 1.87. The molecule has 1 aliphatic heterocycles. The summed E-state index contributed by atoms with van der Waals surface area (Å²) in [6.45, 7) is 3.69. The molecule has 0 spiro atoms. The molecule has 118 valence electrons. The fraction of sp³-hybridized carbons (Fsp3) is 0.375. The Kier molecular flexibility index (Phi) is 3.98. The highest BCUT2D eigenvalue weighted by Crippen LogP contribution is 2.30. The van der Waals surface area contributed by atoms with Crippen molar-refractivity contribution in [2.45, 2.75) is 32.4 Å². The number of nitro benzene ring substituents is 1. The summed E-state index contributed by atoms with van der Waals surface area (Å²) in [6, 6.07) is 7.01. The fourth-order valence-electron chi connectivity index (χ4n) is 3.14. The van der Waals surface area contributed by atoms with Gasteiger partial charge in [0.05, 0.1) is 4.92 Å². The van der Waals surface area contributed by atoms with E-state index in [0.29, 0.717) is 6.04 Å². The van der Waals surface area contributed by atoms with E-state index in [2.05, 4.69) is 14.5 Å². The van der Waals surface area contributed by atoms with Crippen molar-refractivity contribution in [3.8, 4) is 6.07 Å². The van der Waals surface area contributed by atoms with E-state index in [1.165, 1.54) is 6.07 Å². The number of hydrogen-bond donors (Lipinski definition) is 0. The summed E-state index contributed by atoms with van der Waals surface area (Å²) in [5, 5.41) is 20.1. The molecule has 1 aromatic heterocycles. The van der Waals surface area contributed by atoms with Gasteiger partial charge in [-0.1, -0.05) is 0 Å². The molecule has 1 atom stereocenters. The van der Waals surface area contributed by atoms with Gasteiger partial charge < -0.3 is 9.47 Å². The SMILES string of the molecule is Cc1nccn1CC1CCCN1c1ccc([N+](=O)[O-])c(C#N)c1. The minimum atomic E-state index is -0.515. The van der Waals surface area contributed by atoms with E-state index in [0.717, 1.165) is 37.4 Å².